The van der Waals surface area contributed by atoms with Crippen molar-refractivity contribution in [2.24, 2.45) is 5.10 Å². The van der Waals surface area contributed by atoms with Gasteiger partial charge in [0, 0.05) is 18.8 Å². The summed E-state index contributed by atoms with van der Waals surface area (Å²) in [6, 6.07) is 14.1. The number of hydrogen-bond donors (Lipinski definition) is 1. The van der Waals surface area contributed by atoms with Crippen LogP contribution in [0.1, 0.15) is 30.4 Å². The Bertz CT molecular complexity index is 720. The molecule has 25 heavy (non-hydrogen) atoms. The first kappa shape index (κ1) is 17.1. The number of anilines is 1. The quantitative estimate of drug-likeness (QED) is 0.669. The fourth-order valence-corrected chi connectivity index (χ4v) is 2.93. The van der Waals surface area contributed by atoms with Crippen LogP contribution in [0.15, 0.2) is 53.6 Å². The molecule has 0 aromatic heterocycles. The Morgan fingerprint density at radius 2 is 1.72 bits per heavy atom. The molecular weight excluding hydrogens is 317 g/mol. The molecule has 0 radical (unpaired) electrons. The molecule has 1 aliphatic heterocycles. The van der Waals surface area contributed by atoms with Gasteiger partial charge in [-0.15, -0.1) is 0 Å². The van der Waals surface area contributed by atoms with Crippen LogP contribution in [0.4, 0.5) is 10.1 Å². The van der Waals surface area contributed by atoms with E-state index in [0.717, 1.165) is 24.2 Å². The van der Waals surface area contributed by atoms with E-state index in [9.17, 15) is 9.18 Å². The number of amides is 1. The summed E-state index contributed by atoms with van der Waals surface area (Å²) in [4.78, 5) is 14.2. The highest BCUT2D eigenvalue weighted by Crippen LogP contribution is 2.19. The van der Waals surface area contributed by atoms with Crippen LogP contribution in [0, 0.1) is 5.82 Å². The first-order valence-corrected chi connectivity index (χ1v) is 8.62. The molecule has 0 saturated carbocycles. The highest BCUT2D eigenvalue weighted by atomic mass is 19.1. The molecule has 2 aromatic rings. The predicted molar refractivity (Wildman–Crippen MR) is 98.3 cm³/mol. The summed E-state index contributed by atoms with van der Waals surface area (Å²) in [6.45, 7) is 2.24. The number of piperidine rings is 1. The molecule has 3 rings (SSSR count). The maximum absolute atomic E-state index is 12.8. The summed E-state index contributed by atoms with van der Waals surface area (Å²) in [5.41, 5.74) is 5.42. The summed E-state index contributed by atoms with van der Waals surface area (Å²) in [7, 11) is 0. The third kappa shape index (κ3) is 5.14. The van der Waals surface area contributed by atoms with Crippen LogP contribution < -0.4 is 10.3 Å². The Morgan fingerprint density at radius 3 is 2.40 bits per heavy atom. The highest BCUT2D eigenvalue weighted by Gasteiger charge is 2.10. The second-order valence-electron chi connectivity index (χ2n) is 6.24. The Kier molecular flexibility index (Phi) is 5.77. The lowest BCUT2D eigenvalue weighted by atomic mass is 10.1. The molecule has 4 nitrogen and oxygen atoms in total. The largest absolute Gasteiger partial charge is 0.372 e. The third-order valence-corrected chi connectivity index (χ3v) is 4.30. The zero-order chi connectivity index (χ0) is 17.5. The third-order valence-electron chi connectivity index (χ3n) is 4.30. The van der Waals surface area contributed by atoms with E-state index in [2.05, 4.69) is 27.6 Å². The molecule has 1 heterocycles. The number of carbonyl (C=O) groups is 1. The minimum Gasteiger partial charge on any atom is -0.372 e. The van der Waals surface area contributed by atoms with Gasteiger partial charge in [0.1, 0.15) is 5.82 Å². The number of hydrazone groups is 1. The van der Waals surface area contributed by atoms with Crippen molar-refractivity contribution in [1.29, 1.82) is 0 Å². The van der Waals surface area contributed by atoms with Gasteiger partial charge in [0.15, 0.2) is 0 Å². The van der Waals surface area contributed by atoms with Crippen molar-refractivity contribution >= 4 is 17.8 Å². The van der Waals surface area contributed by atoms with E-state index in [-0.39, 0.29) is 18.1 Å². The number of benzene rings is 2. The fraction of sp³-hybridized carbons (Fsp3) is 0.300. The molecule has 5 heteroatoms. The Balaban J connectivity index is 1.49. The van der Waals surface area contributed by atoms with Crippen molar-refractivity contribution in [3.63, 3.8) is 0 Å². The summed E-state index contributed by atoms with van der Waals surface area (Å²) < 4.78 is 12.8. The molecule has 0 atom stereocenters. The molecule has 1 fully saturated rings. The van der Waals surface area contributed by atoms with E-state index in [1.54, 1.807) is 18.3 Å². The van der Waals surface area contributed by atoms with Gasteiger partial charge >= 0.3 is 0 Å². The van der Waals surface area contributed by atoms with Gasteiger partial charge in [0.2, 0.25) is 5.91 Å². The Hall–Kier alpha value is -2.69. The van der Waals surface area contributed by atoms with E-state index in [0.29, 0.717) is 0 Å². The zero-order valence-corrected chi connectivity index (χ0v) is 14.1. The first-order valence-electron chi connectivity index (χ1n) is 8.62. The van der Waals surface area contributed by atoms with E-state index >= 15 is 0 Å². The van der Waals surface area contributed by atoms with Crippen molar-refractivity contribution in [3.05, 3.63) is 65.5 Å². The van der Waals surface area contributed by atoms with E-state index in [4.69, 9.17) is 0 Å². The van der Waals surface area contributed by atoms with Gasteiger partial charge in [0.25, 0.3) is 0 Å². The number of halogens is 1. The lowest BCUT2D eigenvalue weighted by molar-refractivity contribution is -0.120. The average Bonchev–Trinajstić information content (AvgIpc) is 2.65. The molecule has 0 spiro atoms. The summed E-state index contributed by atoms with van der Waals surface area (Å²) in [5, 5.41) is 3.99. The van der Waals surface area contributed by atoms with Gasteiger partial charge in [-0.2, -0.15) is 5.10 Å². The normalized spacial score (nSPS) is 14.7. The minimum absolute atomic E-state index is 0.172. The summed E-state index contributed by atoms with van der Waals surface area (Å²) >= 11 is 0. The molecular formula is C20H22FN3O. The van der Waals surface area contributed by atoms with Gasteiger partial charge in [-0.05, 0) is 54.7 Å². The maximum Gasteiger partial charge on any atom is 0.244 e. The van der Waals surface area contributed by atoms with Crippen LogP contribution in [0.3, 0.4) is 0 Å². The standard InChI is InChI=1S/C20H22FN3O/c21-18-8-4-16(5-9-18)14-20(25)23-22-15-17-6-10-19(11-7-17)24-12-2-1-3-13-24/h4-11,15H,1-3,12-14H2,(H,23,25)/b22-15+. The number of nitrogens with zero attached hydrogens (tertiary/aromatic N) is 2. The number of rotatable bonds is 5. The number of carbonyl (C=O) groups excluding carboxylic acids is 1. The van der Waals surface area contributed by atoms with Gasteiger partial charge in [-0.1, -0.05) is 24.3 Å². The van der Waals surface area contributed by atoms with Crippen molar-refractivity contribution in [1.82, 2.24) is 5.43 Å². The molecule has 0 unspecified atom stereocenters. The maximum atomic E-state index is 12.8. The van der Waals surface area contributed by atoms with Gasteiger partial charge in [-0.3, -0.25) is 4.79 Å². The molecule has 0 aliphatic carbocycles. The molecule has 1 saturated heterocycles. The highest BCUT2D eigenvalue weighted by molar-refractivity contribution is 5.83. The predicted octanol–water partition coefficient (Wildman–Crippen LogP) is 3.51. The van der Waals surface area contributed by atoms with Crippen LogP contribution in [0.2, 0.25) is 0 Å². The van der Waals surface area contributed by atoms with Crippen LogP contribution in [-0.4, -0.2) is 25.2 Å². The zero-order valence-electron chi connectivity index (χ0n) is 14.1. The minimum atomic E-state index is -0.310. The average molecular weight is 339 g/mol. The monoisotopic (exact) mass is 339 g/mol. The van der Waals surface area contributed by atoms with E-state index in [1.165, 1.54) is 37.1 Å². The van der Waals surface area contributed by atoms with Crippen LogP contribution in [0.5, 0.6) is 0 Å². The fourth-order valence-electron chi connectivity index (χ4n) is 2.93. The van der Waals surface area contributed by atoms with Gasteiger partial charge < -0.3 is 4.90 Å². The summed E-state index contributed by atoms with van der Waals surface area (Å²) in [5.74, 6) is -0.539. The molecule has 1 aliphatic rings. The second-order valence-corrected chi connectivity index (χ2v) is 6.24. The van der Waals surface area contributed by atoms with Crippen molar-refractivity contribution in [3.8, 4) is 0 Å². The van der Waals surface area contributed by atoms with Crippen LogP contribution >= 0.6 is 0 Å². The van der Waals surface area contributed by atoms with Crippen LogP contribution in [0.25, 0.3) is 0 Å². The van der Waals surface area contributed by atoms with Crippen molar-refractivity contribution in [2.75, 3.05) is 18.0 Å². The van der Waals surface area contributed by atoms with Gasteiger partial charge in [0.05, 0.1) is 12.6 Å². The number of nitrogens with one attached hydrogen (secondary N) is 1. The Morgan fingerprint density at radius 1 is 1.04 bits per heavy atom. The molecule has 2 aromatic carbocycles. The SMILES string of the molecule is O=C(Cc1ccc(F)cc1)N/N=C/c1ccc(N2CCCCC2)cc1. The molecule has 130 valence electrons. The molecule has 1 amide bonds. The van der Waals surface area contributed by atoms with E-state index in [1.807, 2.05) is 12.1 Å². The molecule has 0 bridgehead atoms. The topological polar surface area (TPSA) is 44.7 Å². The van der Waals surface area contributed by atoms with Gasteiger partial charge in [-0.25, -0.2) is 9.82 Å². The lowest BCUT2D eigenvalue weighted by Gasteiger charge is -2.28. The van der Waals surface area contributed by atoms with Crippen molar-refractivity contribution in [2.45, 2.75) is 25.7 Å². The lowest BCUT2D eigenvalue weighted by Crippen LogP contribution is -2.29. The van der Waals surface area contributed by atoms with E-state index < -0.39 is 0 Å². The first-order chi connectivity index (χ1) is 12.2. The summed E-state index contributed by atoms with van der Waals surface area (Å²) in [6.07, 6.45) is 5.62. The number of hydrogen-bond acceptors (Lipinski definition) is 3. The van der Waals surface area contributed by atoms with Crippen molar-refractivity contribution < 1.29 is 9.18 Å². The second kappa shape index (κ2) is 8.42. The molecule has 1 N–H and O–H groups in total. The Labute approximate surface area is 147 Å². The smallest absolute Gasteiger partial charge is 0.244 e. The van der Waals surface area contributed by atoms with Crippen LogP contribution in [-0.2, 0) is 11.2 Å².